The van der Waals surface area contributed by atoms with Crippen LogP contribution in [0.2, 0.25) is 0 Å². The fourth-order valence-corrected chi connectivity index (χ4v) is 2.34. The zero-order valence-corrected chi connectivity index (χ0v) is 13.1. The van der Waals surface area contributed by atoms with Crippen LogP contribution in [0.3, 0.4) is 0 Å². The van der Waals surface area contributed by atoms with Crippen LogP contribution in [0.15, 0.2) is 24.3 Å². The molecule has 2 rings (SSSR count). The normalized spacial score (nSPS) is 10.9. The molecule has 0 unspecified atom stereocenters. The van der Waals surface area contributed by atoms with Crippen LogP contribution in [-0.2, 0) is 4.74 Å². The molecule has 4 heteroatoms. The predicted molar refractivity (Wildman–Crippen MR) is 84.7 cm³/mol. The second-order valence-corrected chi connectivity index (χ2v) is 5.39. The van der Waals surface area contributed by atoms with Crippen molar-refractivity contribution in [1.29, 1.82) is 0 Å². The number of aryl methyl sites for hydroxylation is 2. The summed E-state index contributed by atoms with van der Waals surface area (Å²) in [5.74, 6) is 0.0126. The zero-order valence-electron chi connectivity index (χ0n) is 13.1. The molecule has 0 aliphatic rings. The van der Waals surface area contributed by atoms with E-state index >= 15 is 0 Å². The quantitative estimate of drug-likeness (QED) is 0.794. The molecule has 0 aliphatic carbocycles. The lowest BCUT2D eigenvalue weighted by Gasteiger charge is -2.18. The molecular formula is C17H22N2O2. The molecular weight excluding hydrogens is 264 g/mol. The Balaban J connectivity index is 2.26. The number of rotatable bonds is 5. The summed E-state index contributed by atoms with van der Waals surface area (Å²) in [7, 11) is 3.48. The molecule has 0 aliphatic heterocycles. The Bertz CT molecular complexity index is 653. The number of aromatic nitrogens is 1. The van der Waals surface area contributed by atoms with Crippen molar-refractivity contribution >= 4 is 16.8 Å². The molecule has 0 saturated heterocycles. The first-order valence-electron chi connectivity index (χ1n) is 7.15. The lowest BCUT2D eigenvalue weighted by Crippen LogP contribution is -2.29. The van der Waals surface area contributed by atoms with Gasteiger partial charge in [-0.1, -0.05) is 12.1 Å². The van der Waals surface area contributed by atoms with Gasteiger partial charge in [-0.3, -0.25) is 9.78 Å². The van der Waals surface area contributed by atoms with Gasteiger partial charge in [0.1, 0.15) is 0 Å². The number of hydrogen-bond donors (Lipinski definition) is 0. The molecule has 0 saturated carbocycles. The summed E-state index contributed by atoms with van der Waals surface area (Å²) < 4.78 is 5.02. The van der Waals surface area contributed by atoms with Crippen molar-refractivity contribution in [3.8, 4) is 0 Å². The molecule has 21 heavy (non-hydrogen) atoms. The molecule has 0 bridgehead atoms. The minimum Gasteiger partial charge on any atom is -0.385 e. The first-order chi connectivity index (χ1) is 10.0. The number of carbonyl (C=O) groups excluding carboxylic acids is 1. The molecule has 1 aromatic carbocycles. The van der Waals surface area contributed by atoms with Gasteiger partial charge in [0.2, 0.25) is 0 Å². The highest BCUT2D eigenvalue weighted by molar-refractivity contribution is 5.98. The second kappa shape index (κ2) is 6.68. The monoisotopic (exact) mass is 286 g/mol. The Morgan fingerprint density at radius 2 is 2.05 bits per heavy atom. The topological polar surface area (TPSA) is 42.4 Å². The summed E-state index contributed by atoms with van der Waals surface area (Å²) >= 11 is 0. The van der Waals surface area contributed by atoms with E-state index in [-0.39, 0.29) is 5.91 Å². The van der Waals surface area contributed by atoms with E-state index in [1.54, 1.807) is 12.0 Å². The summed E-state index contributed by atoms with van der Waals surface area (Å²) in [6, 6.07) is 8.03. The Kier molecular flexibility index (Phi) is 4.91. The van der Waals surface area contributed by atoms with Crippen molar-refractivity contribution in [2.45, 2.75) is 20.3 Å². The third-order valence-corrected chi connectivity index (χ3v) is 3.58. The van der Waals surface area contributed by atoms with E-state index in [2.05, 4.69) is 4.98 Å². The third kappa shape index (κ3) is 3.58. The average molecular weight is 286 g/mol. The van der Waals surface area contributed by atoms with Crippen molar-refractivity contribution < 1.29 is 9.53 Å². The van der Waals surface area contributed by atoms with Crippen LogP contribution >= 0.6 is 0 Å². The standard InChI is InChI=1S/C17H22N2O2/c1-12-6-7-14-11-15(13(2)18-16(14)10-12)17(20)19(3)8-5-9-21-4/h6-7,10-11H,5,8-9H2,1-4H3. The van der Waals surface area contributed by atoms with Gasteiger partial charge in [-0.05, 0) is 38.0 Å². The van der Waals surface area contributed by atoms with Crippen molar-refractivity contribution in [1.82, 2.24) is 9.88 Å². The summed E-state index contributed by atoms with van der Waals surface area (Å²) in [6.07, 6.45) is 0.831. The maximum Gasteiger partial charge on any atom is 0.255 e. The molecule has 0 N–H and O–H groups in total. The molecule has 0 spiro atoms. The summed E-state index contributed by atoms with van der Waals surface area (Å²) in [6.45, 7) is 5.26. The largest absolute Gasteiger partial charge is 0.385 e. The Labute approximate surface area is 125 Å². The van der Waals surface area contributed by atoms with Crippen molar-refractivity contribution in [2.75, 3.05) is 27.3 Å². The van der Waals surface area contributed by atoms with Gasteiger partial charge in [0.05, 0.1) is 16.8 Å². The zero-order chi connectivity index (χ0) is 15.4. The average Bonchev–Trinajstić information content (AvgIpc) is 2.45. The van der Waals surface area contributed by atoms with E-state index in [0.29, 0.717) is 18.7 Å². The minimum atomic E-state index is 0.0126. The molecule has 0 fully saturated rings. The SMILES string of the molecule is COCCCN(C)C(=O)c1cc2ccc(C)cc2nc1C. The lowest BCUT2D eigenvalue weighted by atomic mass is 10.1. The number of nitrogens with zero attached hydrogens (tertiary/aromatic N) is 2. The number of carbonyl (C=O) groups is 1. The highest BCUT2D eigenvalue weighted by atomic mass is 16.5. The molecule has 4 nitrogen and oxygen atoms in total. The number of methoxy groups -OCH3 is 1. The minimum absolute atomic E-state index is 0.0126. The van der Waals surface area contributed by atoms with Crippen LogP contribution in [0.4, 0.5) is 0 Å². The lowest BCUT2D eigenvalue weighted by molar-refractivity contribution is 0.0778. The maximum atomic E-state index is 12.5. The molecule has 1 amide bonds. The Hall–Kier alpha value is -1.94. The van der Waals surface area contributed by atoms with Gasteiger partial charge in [-0.2, -0.15) is 0 Å². The molecule has 112 valence electrons. The number of benzene rings is 1. The van der Waals surface area contributed by atoms with E-state index in [1.165, 1.54) is 5.56 Å². The maximum absolute atomic E-state index is 12.5. The summed E-state index contributed by atoms with van der Waals surface area (Å²) in [4.78, 5) is 18.8. The number of amides is 1. The smallest absolute Gasteiger partial charge is 0.255 e. The second-order valence-electron chi connectivity index (χ2n) is 5.39. The van der Waals surface area contributed by atoms with Crippen molar-refractivity contribution in [3.05, 3.63) is 41.1 Å². The van der Waals surface area contributed by atoms with Crippen LogP contribution < -0.4 is 0 Å². The van der Waals surface area contributed by atoms with Gasteiger partial charge in [0, 0.05) is 32.7 Å². The number of fused-ring (bicyclic) bond motifs is 1. The van der Waals surface area contributed by atoms with Gasteiger partial charge >= 0.3 is 0 Å². The predicted octanol–water partition coefficient (Wildman–Crippen LogP) is 2.96. The molecule has 1 heterocycles. The van der Waals surface area contributed by atoms with Crippen molar-refractivity contribution in [2.24, 2.45) is 0 Å². The van der Waals surface area contributed by atoms with Gasteiger partial charge in [-0.25, -0.2) is 0 Å². The molecule has 2 aromatic rings. The van der Waals surface area contributed by atoms with Gasteiger partial charge in [-0.15, -0.1) is 0 Å². The van der Waals surface area contributed by atoms with Crippen molar-refractivity contribution in [3.63, 3.8) is 0 Å². The van der Waals surface area contributed by atoms with Crippen LogP contribution in [0, 0.1) is 13.8 Å². The van der Waals surface area contributed by atoms with E-state index < -0.39 is 0 Å². The fourth-order valence-electron chi connectivity index (χ4n) is 2.34. The van der Waals surface area contributed by atoms with E-state index in [1.807, 2.05) is 45.2 Å². The highest BCUT2D eigenvalue weighted by Crippen LogP contribution is 2.19. The number of ether oxygens (including phenoxy) is 1. The Morgan fingerprint density at radius 1 is 1.29 bits per heavy atom. The van der Waals surface area contributed by atoms with E-state index in [0.717, 1.165) is 23.0 Å². The molecule has 1 aromatic heterocycles. The van der Waals surface area contributed by atoms with E-state index in [9.17, 15) is 4.79 Å². The first-order valence-corrected chi connectivity index (χ1v) is 7.15. The third-order valence-electron chi connectivity index (χ3n) is 3.58. The highest BCUT2D eigenvalue weighted by Gasteiger charge is 2.15. The van der Waals surface area contributed by atoms with Crippen LogP contribution in [0.1, 0.15) is 28.0 Å². The molecule has 0 radical (unpaired) electrons. The molecule has 0 atom stereocenters. The fraction of sp³-hybridized carbons (Fsp3) is 0.412. The Morgan fingerprint density at radius 3 is 2.76 bits per heavy atom. The van der Waals surface area contributed by atoms with Gasteiger partial charge in [0.25, 0.3) is 5.91 Å². The summed E-state index contributed by atoms with van der Waals surface area (Å²) in [5, 5.41) is 1.000. The number of pyridine rings is 1. The first kappa shape index (κ1) is 15.4. The van der Waals surface area contributed by atoms with Gasteiger partial charge in [0.15, 0.2) is 0 Å². The van der Waals surface area contributed by atoms with Crippen LogP contribution in [0.25, 0.3) is 10.9 Å². The van der Waals surface area contributed by atoms with Gasteiger partial charge < -0.3 is 9.64 Å². The number of hydrogen-bond acceptors (Lipinski definition) is 3. The van der Waals surface area contributed by atoms with E-state index in [4.69, 9.17) is 4.74 Å². The summed E-state index contributed by atoms with van der Waals surface area (Å²) in [5.41, 5.74) is 3.55. The van der Waals surface area contributed by atoms with Crippen LogP contribution in [-0.4, -0.2) is 43.1 Å². The van der Waals surface area contributed by atoms with Crippen LogP contribution in [0.5, 0.6) is 0 Å².